The predicted octanol–water partition coefficient (Wildman–Crippen LogP) is 2.22. The molecule has 2 aliphatic rings. The molecule has 3 heterocycles. The first kappa shape index (κ1) is 19.1. The quantitative estimate of drug-likeness (QED) is 0.865. The molecule has 150 valence electrons. The van der Waals surface area contributed by atoms with Crippen molar-refractivity contribution < 1.29 is 14.4 Å². The lowest BCUT2D eigenvalue weighted by Crippen LogP contribution is -2.34. The van der Waals surface area contributed by atoms with Crippen LogP contribution in [0.4, 0.5) is 11.4 Å². The summed E-state index contributed by atoms with van der Waals surface area (Å²) in [7, 11) is 0. The maximum absolute atomic E-state index is 12.7. The van der Waals surface area contributed by atoms with Crippen LogP contribution >= 0.6 is 0 Å². The summed E-state index contributed by atoms with van der Waals surface area (Å²) in [4.78, 5) is 44.5. The van der Waals surface area contributed by atoms with Gasteiger partial charge in [0.15, 0.2) is 0 Å². The van der Waals surface area contributed by atoms with Gasteiger partial charge in [-0.2, -0.15) is 0 Å². The van der Waals surface area contributed by atoms with Gasteiger partial charge in [-0.25, -0.2) is 0 Å². The third-order valence-corrected chi connectivity index (χ3v) is 5.69. The van der Waals surface area contributed by atoms with Crippen LogP contribution in [0.25, 0.3) is 0 Å². The second kappa shape index (κ2) is 7.66. The number of fused-ring (bicyclic) bond motifs is 1. The molecule has 7 heteroatoms. The molecule has 1 saturated heterocycles. The highest BCUT2D eigenvalue weighted by Crippen LogP contribution is 2.34. The monoisotopic (exact) mass is 392 g/mol. The summed E-state index contributed by atoms with van der Waals surface area (Å²) in [6.45, 7) is 4.49. The molecule has 0 spiro atoms. The van der Waals surface area contributed by atoms with Crippen molar-refractivity contribution in [2.24, 2.45) is 5.92 Å². The van der Waals surface area contributed by atoms with Crippen LogP contribution in [-0.4, -0.2) is 35.8 Å². The zero-order chi connectivity index (χ0) is 20.5. The molecule has 0 saturated carbocycles. The smallest absolute Gasteiger partial charge is 0.227 e. The van der Waals surface area contributed by atoms with Crippen LogP contribution in [0.1, 0.15) is 37.4 Å². The number of carbonyl (C=O) groups excluding carboxylic acids is 3. The topological polar surface area (TPSA) is 82.6 Å². The van der Waals surface area contributed by atoms with Crippen LogP contribution in [0, 0.1) is 5.92 Å². The fraction of sp³-hybridized carbons (Fsp3) is 0.364. The molecule has 3 amide bonds. The molecule has 1 aromatic heterocycles. The van der Waals surface area contributed by atoms with E-state index >= 15 is 0 Å². The molecular formula is C22H24N4O3. The number of rotatable bonds is 4. The van der Waals surface area contributed by atoms with Gasteiger partial charge in [-0.1, -0.05) is 6.07 Å². The molecule has 1 N–H and O–H groups in total. The number of hydrogen-bond donors (Lipinski definition) is 1. The highest BCUT2D eigenvalue weighted by atomic mass is 16.2. The Morgan fingerprint density at radius 1 is 1.28 bits per heavy atom. The van der Waals surface area contributed by atoms with Gasteiger partial charge in [-0.05, 0) is 48.7 Å². The van der Waals surface area contributed by atoms with E-state index in [9.17, 15) is 14.4 Å². The second-order valence-electron chi connectivity index (χ2n) is 7.66. The standard InChI is InChI=1S/C22H24N4O3/c1-14(17-4-3-8-23-12-17)24-22(29)18-11-21(28)26(13-18)19-5-6-20-16(10-19)7-9-25(20)15(2)27/h3-6,8,10,12,14,18H,7,9,11,13H2,1-2H3,(H,24,29). The first-order valence-electron chi connectivity index (χ1n) is 9.85. The minimum atomic E-state index is -0.386. The van der Waals surface area contributed by atoms with Crippen molar-refractivity contribution in [3.8, 4) is 0 Å². The average molecular weight is 392 g/mol. The molecule has 2 aromatic rings. The molecule has 0 aliphatic carbocycles. The predicted molar refractivity (Wildman–Crippen MR) is 109 cm³/mol. The number of amides is 3. The number of pyridine rings is 1. The number of nitrogens with zero attached hydrogens (tertiary/aromatic N) is 3. The summed E-state index contributed by atoms with van der Waals surface area (Å²) in [6, 6.07) is 9.30. The highest BCUT2D eigenvalue weighted by molar-refractivity contribution is 6.01. The van der Waals surface area contributed by atoms with Crippen LogP contribution in [0.5, 0.6) is 0 Å². The lowest BCUT2D eigenvalue weighted by molar-refractivity contribution is -0.126. The molecular weight excluding hydrogens is 368 g/mol. The number of anilines is 2. The maximum Gasteiger partial charge on any atom is 0.227 e. The molecule has 4 rings (SSSR count). The molecule has 2 aliphatic heterocycles. The van der Waals surface area contributed by atoms with Crippen molar-refractivity contribution in [1.29, 1.82) is 0 Å². The van der Waals surface area contributed by atoms with Crippen molar-refractivity contribution >= 4 is 29.1 Å². The summed E-state index contributed by atoms with van der Waals surface area (Å²) in [5, 5.41) is 2.99. The Morgan fingerprint density at radius 3 is 2.83 bits per heavy atom. The van der Waals surface area contributed by atoms with Crippen molar-refractivity contribution in [1.82, 2.24) is 10.3 Å². The maximum atomic E-state index is 12.7. The second-order valence-corrected chi connectivity index (χ2v) is 7.66. The molecule has 1 aromatic carbocycles. The Morgan fingerprint density at radius 2 is 2.10 bits per heavy atom. The minimum absolute atomic E-state index is 0.0215. The van der Waals surface area contributed by atoms with Crippen molar-refractivity contribution in [3.63, 3.8) is 0 Å². The van der Waals surface area contributed by atoms with Gasteiger partial charge in [0.1, 0.15) is 0 Å². The third kappa shape index (κ3) is 3.72. The lowest BCUT2D eigenvalue weighted by Gasteiger charge is -2.20. The van der Waals surface area contributed by atoms with E-state index in [1.807, 2.05) is 37.3 Å². The summed E-state index contributed by atoms with van der Waals surface area (Å²) in [5.74, 6) is -0.543. The van der Waals surface area contributed by atoms with Gasteiger partial charge < -0.3 is 15.1 Å². The van der Waals surface area contributed by atoms with Crippen molar-refractivity contribution in [2.45, 2.75) is 32.7 Å². The molecule has 0 radical (unpaired) electrons. The largest absolute Gasteiger partial charge is 0.349 e. The van der Waals surface area contributed by atoms with Gasteiger partial charge >= 0.3 is 0 Å². The number of benzene rings is 1. The Labute approximate surface area is 169 Å². The van der Waals surface area contributed by atoms with E-state index in [-0.39, 0.29) is 36.1 Å². The summed E-state index contributed by atoms with van der Waals surface area (Å²) >= 11 is 0. The Bertz CT molecular complexity index is 960. The summed E-state index contributed by atoms with van der Waals surface area (Å²) < 4.78 is 0. The molecule has 2 unspecified atom stereocenters. The van der Waals surface area contributed by atoms with Gasteiger partial charge in [0.25, 0.3) is 0 Å². The van der Waals surface area contributed by atoms with Gasteiger partial charge in [-0.15, -0.1) is 0 Å². The number of carbonyl (C=O) groups is 3. The number of hydrogen-bond acceptors (Lipinski definition) is 4. The van der Waals surface area contributed by atoms with Gasteiger partial charge in [0.2, 0.25) is 17.7 Å². The van der Waals surface area contributed by atoms with E-state index in [1.54, 1.807) is 29.1 Å². The molecule has 7 nitrogen and oxygen atoms in total. The van der Waals surface area contributed by atoms with E-state index in [2.05, 4.69) is 10.3 Å². The van der Waals surface area contributed by atoms with Gasteiger partial charge in [0, 0.05) is 50.2 Å². The number of aromatic nitrogens is 1. The van der Waals surface area contributed by atoms with E-state index < -0.39 is 0 Å². The Balaban J connectivity index is 1.44. The summed E-state index contributed by atoms with van der Waals surface area (Å²) in [6.07, 6.45) is 4.39. The number of nitrogens with one attached hydrogen (secondary N) is 1. The van der Waals surface area contributed by atoms with Crippen molar-refractivity contribution in [3.05, 3.63) is 53.9 Å². The van der Waals surface area contributed by atoms with E-state index in [0.29, 0.717) is 13.1 Å². The molecule has 29 heavy (non-hydrogen) atoms. The lowest BCUT2D eigenvalue weighted by atomic mass is 10.1. The van der Waals surface area contributed by atoms with Gasteiger partial charge in [0.05, 0.1) is 12.0 Å². The van der Waals surface area contributed by atoms with Crippen LogP contribution in [0.15, 0.2) is 42.7 Å². The molecule has 0 bridgehead atoms. The average Bonchev–Trinajstić information content (AvgIpc) is 3.31. The van der Waals surface area contributed by atoms with Crippen LogP contribution < -0.4 is 15.1 Å². The fourth-order valence-electron chi connectivity index (χ4n) is 4.06. The third-order valence-electron chi connectivity index (χ3n) is 5.69. The van der Waals surface area contributed by atoms with E-state index in [0.717, 1.165) is 28.9 Å². The Kier molecular flexibility index (Phi) is 5.05. The summed E-state index contributed by atoms with van der Waals surface area (Å²) in [5.41, 5.74) is 3.68. The minimum Gasteiger partial charge on any atom is -0.349 e. The van der Waals surface area contributed by atoms with Crippen molar-refractivity contribution in [2.75, 3.05) is 22.9 Å². The zero-order valence-corrected chi connectivity index (χ0v) is 16.6. The van der Waals surface area contributed by atoms with E-state index in [4.69, 9.17) is 0 Å². The first-order chi connectivity index (χ1) is 13.9. The van der Waals surface area contributed by atoms with E-state index in [1.165, 1.54) is 0 Å². The SMILES string of the molecule is CC(=O)N1CCc2cc(N3CC(C(=O)NC(C)c4cccnc4)CC3=O)ccc21. The van der Waals surface area contributed by atoms with Crippen LogP contribution in [-0.2, 0) is 20.8 Å². The highest BCUT2D eigenvalue weighted by Gasteiger charge is 2.36. The normalized spacial score (nSPS) is 19.2. The Hall–Kier alpha value is -3.22. The fourth-order valence-corrected chi connectivity index (χ4v) is 4.06. The zero-order valence-electron chi connectivity index (χ0n) is 16.6. The van der Waals surface area contributed by atoms with Crippen LogP contribution in [0.2, 0.25) is 0 Å². The van der Waals surface area contributed by atoms with Crippen LogP contribution in [0.3, 0.4) is 0 Å². The molecule has 1 fully saturated rings. The first-order valence-corrected chi connectivity index (χ1v) is 9.85. The molecule has 2 atom stereocenters. The van der Waals surface area contributed by atoms with Gasteiger partial charge in [-0.3, -0.25) is 19.4 Å².